The first-order valence-corrected chi connectivity index (χ1v) is 5.80. The highest BCUT2D eigenvalue weighted by molar-refractivity contribution is 5.68. The SMILES string of the molecule is [C-]#[N+]CC(NC(=O)OC(C)(C)C)c1ccccc1. The summed E-state index contributed by atoms with van der Waals surface area (Å²) in [5.74, 6) is 0. The molecule has 1 aromatic rings. The Bertz CT molecular complexity index is 429. The summed E-state index contributed by atoms with van der Waals surface area (Å²) in [7, 11) is 0. The lowest BCUT2D eigenvalue weighted by Crippen LogP contribution is -2.35. The third kappa shape index (κ3) is 4.88. The van der Waals surface area contributed by atoms with Crippen LogP contribution in [0.2, 0.25) is 0 Å². The molecular weight excluding hydrogens is 228 g/mol. The minimum Gasteiger partial charge on any atom is -0.444 e. The molecule has 1 aromatic carbocycles. The molecule has 0 aliphatic rings. The van der Waals surface area contributed by atoms with E-state index in [1.54, 1.807) is 20.8 Å². The van der Waals surface area contributed by atoms with Crippen molar-refractivity contribution in [1.29, 1.82) is 0 Å². The Labute approximate surface area is 108 Å². The molecule has 0 bridgehead atoms. The minimum atomic E-state index is -0.538. The summed E-state index contributed by atoms with van der Waals surface area (Å²) in [6.45, 7) is 12.6. The van der Waals surface area contributed by atoms with E-state index in [9.17, 15) is 4.79 Å². The molecule has 1 atom stereocenters. The van der Waals surface area contributed by atoms with Crippen LogP contribution >= 0.6 is 0 Å². The van der Waals surface area contributed by atoms with Gasteiger partial charge >= 0.3 is 6.09 Å². The van der Waals surface area contributed by atoms with E-state index in [4.69, 9.17) is 11.3 Å². The number of benzene rings is 1. The van der Waals surface area contributed by atoms with Gasteiger partial charge in [-0.2, -0.15) is 0 Å². The van der Waals surface area contributed by atoms with Crippen LogP contribution in [0.1, 0.15) is 32.4 Å². The van der Waals surface area contributed by atoms with Gasteiger partial charge in [0, 0.05) is 0 Å². The lowest BCUT2D eigenvalue weighted by atomic mass is 10.1. The Morgan fingerprint density at radius 3 is 2.50 bits per heavy atom. The van der Waals surface area contributed by atoms with E-state index in [-0.39, 0.29) is 12.6 Å². The van der Waals surface area contributed by atoms with Gasteiger partial charge in [-0.3, -0.25) is 0 Å². The summed E-state index contributed by atoms with van der Waals surface area (Å²) >= 11 is 0. The molecule has 0 saturated heterocycles. The predicted molar refractivity (Wildman–Crippen MR) is 70.0 cm³/mol. The highest BCUT2D eigenvalue weighted by Gasteiger charge is 2.21. The average Bonchev–Trinajstić information content (AvgIpc) is 2.27. The van der Waals surface area contributed by atoms with Crippen LogP contribution in [-0.4, -0.2) is 18.2 Å². The van der Waals surface area contributed by atoms with E-state index in [1.165, 1.54) is 0 Å². The van der Waals surface area contributed by atoms with Crippen LogP contribution in [0.4, 0.5) is 4.79 Å². The Balaban J connectivity index is 2.71. The van der Waals surface area contributed by atoms with Gasteiger partial charge in [0.25, 0.3) is 0 Å². The van der Waals surface area contributed by atoms with Gasteiger partial charge in [-0.15, -0.1) is 0 Å². The van der Waals surface area contributed by atoms with Crippen LogP contribution in [0.5, 0.6) is 0 Å². The molecule has 1 unspecified atom stereocenters. The molecule has 1 amide bonds. The maximum absolute atomic E-state index is 11.7. The number of rotatable bonds is 3. The summed E-state index contributed by atoms with van der Waals surface area (Å²) in [6.07, 6.45) is -0.500. The molecule has 0 radical (unpaired) electrons. The summed E-state index contributed by atoms with van der Waals surface area (Å²) in [4.78, 5) is 15.0. The number of amides is 1. The second-order valence-corrected chi connectivity index (χ2v) is 4.95. The Hall–Kier alpha value is -2.02. The third-order valence-corrected chi connectivity index (χ3v) is 2.17. The predicted octanol–water partition coefficient (Wildman–Crippen LogP) is 3.17. The first-order chi connectivity index (χ1) is 8.42. The minimum absolute atomic E-state index is 0.198. The van der Waals surface area contributed by atoms with Crippen molar-refractivity contribution in [2.75, 3.05) is 6.54 Å². The van der Waals surface area contributed by atoms with Gasteiger partial charge in [0.05, 0.1) is 0 Å². The van der Waals surface area contributed by atoms with Crippen molar-refractivity contribution in [3.05, 3.63) is 47.3 Å². The van der Waals surface area contributed by atoms with Gasteiger partial charge < -0.3 is 14.9 Å². The molecule has 0 spiro atoms. The molecule has 96 valence electrons. The second-order valence-electron chi connectivity index (χ2n) is 4.95. The zero-order valence-corrected chi connectivity index (χ0v) is 10.9. The Morgan fingerprint density at radius 1 is 1.39 bits per heavy atom. The number of nitrogens with one attached hydrogen (secondary N) is 1. The molecule has 0 saturated carbocycles. The first-order valence-electron chi connectivity index (χ1n) is 5.80. The highest BCUT2D eigenvalue weighted by Crippen LogP contribution is 2.14. The quantitative estimate of drug-likeness (QED) is 0.832. The molecule has 0 fully saturated rings. The monoisotopic (exact) mass is 246 g/mol. The van der Waals surface area contributed by atoms with Crippen LogP contribution < -0.4 is 5.32 Å². The Morgan fingerprint density at radius 2 is 2.00 bits per heavy atom. The molecule has 4 heteroatoms. The fourth-order valence-corrected chi connectivity index (χ4v) is 1.46. The highest BCUT2D eigenvalue weighted by atomic mass is 16.6. The third-order valence-electron chi connectivity index (χ3n) is 2.17. The first kappa shape index (κ1) is 14.0. The van der Waals surface area contributed by atoms with Crippen molar-refractivity contribution in [3.63, 3.8) is 0 Å². The van der Waals surface area contributed by atoms with E-state index in [2.05, 4.69) is 10.2 Å². The van der Waals surface area contributed by atoms with Gasteiger partial charge in [0.15, 0.2) is 0 Å². The fraction of sp³-hybridized carbons (Fsp3) is 0.429. The largest absolute Gasteiger partial charge is 0.444 e. The van der Waals surface area contributed by atoms with E-state index in [0.29, 0.717) is 0 Å². The molecule has 4 nitrogen and oxygen atoms in total. The maximum atomic E-state index is 11.7. The number of hydrogen-bond acceptors (Lipinski definition) is 2. The van der Waals surface area contributed by atoms with Gasteiger partial charge in [-0.05, 0) is 26.3 Å². The van der Waals surface area contributed by atoms with Crippen LogP contribution in [0, 0.1) is 6.57 Å². The summed E-state index contributed by atoms with van der Waals surface area (Å²) in [5.41, 5.74) is 0.364. The van der Waals surface area contributed by atoms with E-state index in [1.807, 2.05) is 30.3 Å². The number of carbonyl (C=O) groups excluding carboxylic acids is 1. The smallest absolute Gasteiger partial charge is 0.408 e. The standard InChI is InChI=1S/C14H18N2O2/c1-14(2,3)18-13(17)16-12(10-15-4)11-8-6-5-7-9-11/h5-9,12H,10H2,1-3H3,(H,16,17). The van der Waals surface area contributed by atoms with E-state index in [0.717, 1.165) is 5.56 Å². The van der Waals surface area contributed by atoms with Crippen LogP contribution in [0.15, 0.2) is 30.3 Å². The van der Waals surface area contributed by atoms with Crippen LogP contribution in [0.3, 0.4) is 0 Å². The number of alkyl carbamates (subject to hydrolysis) is 1. The van der Waals surface area contributed by atoms with Crippen LogP contribution in [0.25, 0.3) is 4.85 Å². The van der Waals surface area contributed by atoms with Crippen molar-refractivity contribution < 1.29 is 9.53 Å². The summed E-state index contributed by atoms with van der Waals surface area (Å²) in [6, 6.07) is 9.08. The van der Waals surface area contributed by atoms with Gasteiger partial charge in [0.1, 0.15) is 11.6 Å². The van der Waals surface area contributed by atoms with Gasteiger partial charge in [-0.25, -0.2) is 11.4 Å². The van der Waals surface area contributed by atoms with Crippen molar-refractivity contribution >= 4 is 6.09 Å². The topological polar surface area (TPSA) is 42.7 Å². The molecule has 0 aliphatic heterocycles. The molecule has 1 rings (SSSR count). The second kappa shape index (κ2) is 6.06. The lowest BCUT2D eigenvalue weighted by Gasteiger charge is -2.21. The lowest BCUT2D eigenvalue weighted by molar-refractivity contribution is 0.0507. The van der Waals surface area contributed by atoms with Gasteiger partial charge in [0.2, 0.25) is 6.54 Å². The van der Waals surface area contributed by atoms with Crippen LogP contribution in [-0.2, 0) is 4.74 Å². The van der Waals surface area contributed by atoms with Crippen molar-refractivity contribution in [1.82, 2.24) is 5.32 Å². The molecule has 1 N–H and O–H groups in total. The van der Waals surface area contributed by atoms with Gasteiger partial charge in [-0.1, -0.05) is 30.3 Å². The number of hydrogen-bond donors (Lipinski definition) is 1. The number of carbonyl (C=O) groups is 1. The average molecular weight is 246 g/mol. The normalized spacial score (nSPS) is 12.3. The van der Waals surface area contributed by atoms with E-state index >= 15 is 0 Å². The molecular formula is C14H18N2O2. The summed E-state index contributed by atoms with van der Waals surface area (Å²) in [5, 5.41) is 2.72. The molecule has 18 heavy (non-hydrogen) atoms. The fourth-order valence-electron chi connectivity index (χ4n) is 1.46. The van der Waals surface area contributed by atoms with Crippen molar-refractivity contribution in [3.8, 4) is 0 Å². The van der Waals surface area contributed by atoms with Crippen molar-refractivity contribution in [2.45, 2.75) is 32.4 Å². The molecule has 0 heterocycles. The van der Waals surface area contributed by atoms with Crippen molar-refractivity contribution in [2.24, 2.45) is 0 Å². The summed E-state index contributed by atoms with van der Waals surface area (Å²) < 4.78 is 5.18. The number of nitrogens with zero attached hydrogens (tertiary/aromatic N) is 1. The number of ether oxygens (including phenoxy) is 1. The van der Waals surface area contributed by atoms with E-state index < -0.39 is 11.7 Å². The maximum Gasteiger partial charge on any atom is 0.408 e. The molecule has 0 aromatic heterocycles. The molecule has 0 aliphatic carbocycles. The zero-order chi connectivity index (χ0) is 13.6. The zero-order valence-electron chi connectivity index (χ0n) is 10.9. The Kier molecular flexibility index (Phi) is 4.73.